The van der Waals surface area contributed by atoms with Gasteiger partial charge in [-0.3, -0.25) is 4.79 Å². The van der Waals surface area contributed by atoms with E-state index in [1.165, 1.54) is 12.1 Å². The second-order valence-electron chi connectivity index (χ2n) is 9.60. The second kappa shape index (κ2) is 11.4. The van der Waals surface area contributed by atoms with E-state index in [0.29, 0.717) is 34.0 Å². The summed E-state index contributed by atoms with van der Waals surface area (Å²) in [6.07, 6.45) is 1.15. The largest absolute Gasteiger partial charge is 0.416 e. The number of amides is 1. The first-order valence-corrected chi connectivity index (χ1v) is 13.5. The first kappa shape index (κ1) is 28.4. The van der Waals surface area contributed by atoms with E-state index >= 15 is 0 Å². The van der Waals surface area contributed by atoms with Gasteiger partial charge in [0.1, 0.15) is 0 Å². The molecular weight excluding hydrogens is 566 g/mol. The Hall–Kier alpha value is -3.11. The van der Waals surface area contributed by atoms with E-state index in [1.807, 2.05) is 24.3 Å². The fraction of sp³-hybridized carbons (Fsp3) is 0.310. The Kier molecular flexibility index (Phi) is 8.10. The molecule has 0 saturated carbocycles. The van der Waals surface area contributed by atoms with Gasteiger partial charge in [0.05, 0.1) is 33.4 Å². The summed E-state index contributed by atoms with van der Waals surface area (Å²) in [5.74, 6) is -0.502. The highest BCUT2D eigenvalue weighted by Crippen LogP contribution is 2.35. The lowest BCUT2D eigenvalue weighted by molar-refractivity contribution is -0.374. The number of alkyl halides is 4. The van der Waals surface area contributed by atoms with Crippen molar-refractivity contribution in [1.29, 1.82) is 0 Å². The number of ether oxygens (including phenoxy) is 2. The zero-order chi connectivity index (χ0) is 28.6. The average molecular weight is 592 g/mol. The number of rotatable bonds is 7. The van der Waals surface area contributed by atoms with Crippen molar-refractivity contribution < 1.29 is 27.4 Å². The molecule has 11 heteroatoms. The Bertz CT molecular complexity index is 1460. The van der Waals surface area contributed by atoms with Crippen molar-refractivity contribution >= 4 is 34.7 Å². The summed E-state index contributed by atoms with van der Waals surface area (Å²) >= 11 is 12.8. The van der Waals surface area contributed by atoms with Crippen LogP contribution in [0.2, 0.25) is 5.02 Å². The lowest BCUT2D eigenvalue weighted by Crippen LogP contribution is -2.40. The molecule has 0 bridgehead atoms. The van der Waals surface area contributed by atoms with Crippen molar-refractivity contribution in [3.05, 3.63) is 99.9 Å². The number of aromatic nitrogens is 2. The van der Waals surface area contributed by atoms with Crippen LogP contribution in [0.5, 0.6) is 0 Å². The summed E-state index contributed by atoms with van der Waals surface area (Å²) < 4.78 is 52.1. The van der Waals surface area contributed by atoms with E-state index in [4.69, 9.17) is 37.8 Å². The molecule has 1 aliphatic heterocycles. The molecule has 5 rings (SSSR count). The van der Waals surface area contributed by atoms with Gasteiger partial charge in [-0.05, 0) is 55.7 Å². The number of carbonyl (C=O) groups is 1. The Morgan fingerprint density at radius 3 is 2.48 bits per heavy atom. The van der Waals surface area contributed by atoms with Gasteiger partial charge in [0.15, 0.2) is 18.3 Å². The summed E-state index contributed by atoms with van der Waals surface area (Å²) in [6.45, 7) is 3.47. The van der Waals surface area contributed by atoms with E-state index < -0.39 is 30.0 Å². The van der Waals surface area contributed by atoms with Crippen molar-refractivity contribution in [2.45, 2.75) is 56.9 Å². The highest BCUT2D eigenvalue weighted by Gasteiger charge is 2.34. The predicted molar refractivity (Wildman–Crippen MR) is 146 cm³/mol. The van der Waals surface area contributed by atoms with Gasteiger partial charge in [0.2, 0.25) is 0 Å². The van der Waals surface area contributed by atoms with Crippen LogP contribution in [0.15, 0.2) is 66.8 Å². The minimum Gasteiger partial charge on any atom is -0.344 e. The SMILES string of the molecule is CC1OC(Cc2c(C(=O)N[C@H](C)c3ccc(C(F)(F)F)cc3)nn(-c3ccccc3Cl)c2C2=CCC(Cl)C=C2)O1. The summed E-state index contributed by atoms with van der Waals surface area (Å²) in [5, 5.41) is 7.86. The van der Waals surface area contributed by atoms with Crippen LogP contribution in [0.4, 0.5) is 13.2 Å². The van der Waals surface area contributed by atoms with Crippen LogP contribution in [0.25, 0.3) is 11.3 Å². The molecule has 3 aromatic rings. The quantitative estimate of drug-likeness (QED) is 0.294. The molecule has 2 aliphatic rings. The van der Waals surface area contributed by atoms with Crippen LogP contribution in [-0.2, 0) is 22.1 Å². The van der Waals surface area contributed by atoms with Crippen molar-refractivity contribution in [1.82, 2.24) is 15.1 Å². The maximum absolute atomic E-state index is 13.7. The maximum atomic E-state index is 13.7. The van der Waals surface area contributed by atoms with Gasteiger partial charge in [-0.1, -0.05) is 54.1 Å². The van der Waals surface area contributed by atoms with Gasteiger partial charge < -0.3 is 14.8 Å². The number of nitrogens with one attached hydrogen (secondary N) is 1. The molecule has 1 amide bonds. The summed E-state index contributed by atoms with van der Waals surface area (Å²) in [6, 6.07) is 11.2. The highest BCUT2D eigenvalue weighted by atomic mass is 35.5. The van der Waals surface area contributed by atoms with E-state index in [1.54, 1.807) is 36.7 Å². The van der Waals surface area contributed by atoms with Crippen molar-refractivity contribution in [3.63, 3.8) is 0 Å². The third-order valence-electron chi connectivity index (χ3n) is 6.74. The van der Waals surface area contributed by atoms with Gasteiger partial charge in [-0.15, -0.1) is 11.6 Å². The zero-order valence-electron chi connectivity index (χ0n) is 21.6. The monoisotopic (exact) mass is 591 g/mol. The maximum Gasteiger partial charge on any atom is 0.416 e. The minimum atomic E-state index is -4.45. The number of benzene rings is 2. The lowest BCUT2D eigenvalue weighted by Gasteiger charge is -2.34. The number of para-hydroxylation sites is 1. The Morgan fingerprint density at radius 1 is 1.18 bits per heavy atom. The number of allylic oxidation sites excluding steroid dienone is 4. The van der Waals surface area contributed by atoms with E-state index in [2.05, 4.69) is 5.32 Å². The molecule has 6 nitrogen and oxygen atoms in total. The third kappa shape index (κ3) is 5.98. The molecule has 1 unspecified atom stereocenters. The molecule has 2 atom stereocenters. The first-order chi connectivity index (χ1) is 19.0. The molecule has 1 fully saturated rings. The Morgan fingerprint density at radius 2 is 1.88 bits per heavy atom. The Labute approximate surface area is 239 Å². The second-order valence-corrected chi connectivity index (χ2v) is 10.6. The summed E-state index contributed by atoms with van der Waals surface area (Å²) in [5.41, 5.74) is 2.48. The van der Waals surface area contributed by atoms with Gasteiger partial charge in [0.25, 0.3) is 5.91 Å². The molecule has 2 aromatic carbocycles. The fourth-order valence-corrected chi connectivity index (χ4v) is 5.08. The van der Waals surface area contributed by atoms with E-state index in [9.17, 15) is 18.0 Å². The van der Waals surface area contributed by atoms with Crippen molar-refractivity contribution in [2.75, 3.05) is 0 Å². The molecule has 1 saturated heterocycles. The van der Waals surface area contributed by atoms with Gasteiger partial charge >= 0.3 is 6.18 Å². The smallest absolute Gasteiger partial charge is 0.344 e. The molecule has 2 heterocycles. The molecule has 1 aromatic heterocycles. The minimum absolute atomic E-state index is 0.128. The van der Waals surface area contributed by atoms with Crippen molar-refractivity contribution in [2.24, 2.45) is 0 Å². The molecule has 0 radical (unpaired) electrons. The molecule has 210 valence electrons. The molecule has 1 N–H and O–H groups in total. The molecular formula is C29H26Cl2F3N3O3. The predicted octanol–water partition coefficient (Wildman–Crippen LogP) is 7.25. The van der Waals surface area contributed by atoms with Crippen LogP contribution in [0.1, 0.15) is 59.2 Å². The van der Waals surface area contributed by atoms with Crippen LogP contribution in [-0.4, -0.2) is 33.6 Å². The summed E-state index contributed by atoms with van der Waals surface area (Å²) in [7, 11) is 0. The van der Waals surface area contributed by atoms with Crippen LogP contribution >= 0.6 is 23.2 Å². The van der Waals surface area contributed by atoms with Gasteiger partial charge in [-0.25, -0.2) is 4.68 Å². The topological polar surface area (TPSA) is 65.4 Å². The standard InChI is InChI=1S/C29H26Cl2F3N3O3/c1-16(18-7-11-20(12-8-18)29(32,33)34)35-28(38)26-22(15-25-39-17(2)40-25)27(19-9-13-21(30)14-10-19)37(36-26)24-6-4-3-5-23(24)31/h3-13,16-17,21,25H,14-15H2,1-2H3,(H,35,38)/t16-,17?,21?,25?/m1/s1. The average Bonchev–Trinajstić information content (AvgIpc) is 3.27. The van der Waals surface area contributed by atoms with Crippen LogP contribution in [0, 0.1) is 0 Å². The fourth-order valence-electron chi connectivity index (χ4n) is 4.70. The molecule has 40 heavy (non-hydrogen) atoms. The molecule has 0 spiro atoms. The number of halogens is 5. The van der Waals surface area contributed by atoms with Crippen LogP contribution in [0.3, 0.4) is 0 Å². The van der Waals surface area contributed by atoms with E-state index in [0.717, 1.165) is 17.7 Å². The summed E-state index contributed by atoms with van der Waals surface area (Å²) in [4.78, 5) is 13.7. The molecule has 1 aliphatic carbocycles. The number of carbonyl (C=O) groups excluding carboxylic acids is 1. The number of hydrogen-bond acceptors (Lipinski definition) is 4. The lowest BCUT2D eigenvalue weighted by atomic mass is 9.97. The van der Waals surface area contributed by atoms with Gasteiger partial charge in [0, 0.05) is 12.0 Å². The van der Waals surface area contributed by atoms with Crippen molar-refractivity contribution in [3.8, 4) is 5.69 Å². The van der Waals surface area contributed by atoms with Crippen LogP contribution < -0.4 is 5.32 Å². The number of nitrogens with zero attached hydrogens (tertiary/aromatic N) is 2. The first-order valence-electron chi connectivity index (χ1n) is 12.7. The highest BCUT2D eigenvalue weighted by molar-refractivity contribution is 6.32. The third-order valence-corrected chi connectivity index (χ3v) is 7.39. The normalized spacial score (nSPS) is 21.5. The van der Waals surface area contributed by atoms with E-state index in [-0.39, 0.29) is 23.8 Å². The Balaban J connectivity index is 1.55. The van der Waals surface area contributed by atoms with Gasteiger partial charge in [-0.2, -0.15) is 18.3 Å². The zero-order valence-corrected chi connectivity index (χ0v) is 23.1. The number of hydrogen-bond donors (Lipinski definition) is 1.